The molecule has 0 aromatic heterocycles. The highest BCUT2D eigenvalue weighted by molar-refractivity contribution is 4.91. The van der Waals surface area contributed by atoms with Gasteiger partial charge in [0.15, 0.2) is 0 Å². The summed E-state index contributed by atoms with van der Waals surface area (Å²) in [4.78, 5) is 5.20. The van der Waals surface area contributed by atoms with E-state index in [0.29, 0.717) is 18.1 Å². The molecule has 2 rings (SSSR count). The highest BCUT2D eigenvalue weighted by atomic mass is 15.3. The number of nitrogens with zero attached hydrogens (tertiary/aromatic N) is 2. The second kappa shape index (κ2) is 6.55. The molecule has 1 heterocycles. The van der Waals surface area contributed by atoms with Crippen LogP contribution < -0.4 is 5.73 Å². The molecule has 1 aliphatic heterocycles. The Balaban J connectivity index is 2.00. The topological polar surface area (TPSA) is 32.5 Å². The van der Waals surface area contributed by atoms with Crippen LogP contribution in [0, 0.1) is 11.8 Å². The van der Waals surface area contributed by atoms with Crippen LogP contribution >= 0.6 is 0 Å². The van der Waals surface area contributed by atoms with Crippen molar-refractivity contribution in [2.24, 2.45) is 17.6 Å². The van der Waals surface area contributed by atoms with Crippen molar-refractivity contribution in [1.82, 2.24) is 9.80 Å². The maximum atomic E-state index is 6.15. The summed E-state index contributed by atoms with van der Waals surface area (Å²) in [6.45, 7) is 10.3. The van der Waals surface area contributed by atoms with Gasteiger partial charge >= 0.3 is 0 Å². The molecule has 3 heteroatoms. The van der Waals surface area contributed by atoms with Gasteiger partial charge in [0.25, 0.3) is 0 Å². The number of piperazine rings is 1. The van der Waals surface area contributed by atoms with Crippen LogP contribution in [0.2, 0.25) is 0 Å². The fourth-order valence-corrected chi connectivity index (χ4v) is 4.19. The SMILES string of the molecule is CC1CCCC(C(CN)N2CC(C)N(C)C(C)C2)C1. The normalized spacial score (nSPS) is 40.3. The zero-order valence-electron chi connectivity index (χ0n) is 13.3. The summed E-state index contributed by atoms with van der Waals surface area (Å²) < 4.78 is 0. The Morgan fingerprint density at radius 3 is 2.26 bits per heavy atom. The first kappa shape index (κ1) is 15.3. The summed E-state index contributed by atoms with van der Waals surface area (Å²) in [7, 11) is 2.26. The fraction of sp³-hybridized carbons (Fsp3) is 1.00. The first-order chi connectivity index (χ1) is 9.02. The molecule has 0 aromatic rings. The Hall–Kier alpha value is -0.120. The van der Waals surface area contributed by atoms with E-state index in [-0.39, 0.29) is 0 Å². The van der Waals surface area contributed by atoms with Gasteiger partial charge in [-0.2, -0.15) is 0 Å². The van der Waals surface area contributed by atoms with E-state index in [4.69, 9.17) is 5.73 Å². The van der Waals surface area contributed by atoms with Gasteiger partial charge in [-0.15, -0.1) is 0 Å². The third-order valence-electron chi connectivity index (χ3n) is 5.62. The number of nitrogens with two attached hydrogens (primary N) is 1. The quantitative estimate of drug-likeness (QED) is 0.850. The number of rotatable bonds is 3. The van der Waals surface area contributed by atoms with E-state index in [1.165, 1.54) is 38.8 Å². The van der Waals surface area contributed by atoms with Crippen molar-refractivity contribution in [1.29, 1.82) is 0 Å². The van der Waals surface area contributed by atoms with Crippen molar-refractivity contribution in [2.45, 2.75) is 64.6 Å². The van der Waals surface area contributed by atoms with Crippen LogP contribution in [0.25, 0.3) is 0 Å². The molecular formula is C16H33N3. The van der Waals surface area contributed by atoms with Gasteiger partial charge in [-0.05, 0) is 45.6 Å². The monoisotopic (exact) mass is 267 g/mol. The first-order valence-corrected chi connectivity index (χ1v) is 8.19. The van der Waals surface area contributed by atoms with E-state index >= 15 is 0 Å². The summed E-state index contributed by atoms with van der Waals surface area (Å²) in [6, 6.07) is 1.92. The molecule has 19 heavy (non-hydrogen) atoms. The molecule has 0 spiro atoms. The minimum Gasteiger partial charge on any atom is -0.329 e. The molecule has 5 unspecified atom stereocenters. The fourth-order valence-electron chi connectivity index (χ4n) is 4.19. The molecule has 0 amide bonds. The van der Waals surface area contributed by atoms with Gasteiger partial charge in [-0.25, -0.2) is 0 Å². The number of hydrogen-bond acceptors (Lipinski definition) is 3. The average molecular weight is 267 g/mol. The summed E-state index contributed by atoms with van der Waals surface area (Å²) >= 11 is 0. The van der Waals surface area contributed by atoms with E-state index in [1.807, 2.05) is 0 Å². The van der Waals surface area contributed by atoms with Gasteiger partial charge in [0, 0.05) is 37.8 Å². The van der Waals surface area contributed by atoms with Gasteiger partial charge in [0.05, 0.1) is 0 Å². The first-order valence-electron chi connectivity index (χ1n) is 8.19. The Bertz CT molecular complexity index is 269. The van der Waals surface area contributed by atoms with Crippen LogP contribution in [-0.4, -0.2) is 54.6 Å². The summed E-state index contributed by atoms with van der Waals surface area (Å²) in [5.41, 5.74) is 6.15. The molecule has 0 aromatic carbocycles. The van der Waals surface area contributed by atoms with Gasteiger partial charge in [-0.1, -0.05) is 19.8 Å². The zero-order valence-corrected chi connectivity index (χ0v) is 13.3. The average Bonchev–Trinajstić information content (AvgIpc) is 2.37. The molecule has 112 valence electrons. The van der Waals surface area contributed by atoms with Crippen LogP contribution in [-0.2, 0) is 0 Å². The van der Waals surface area contributed by atoms with E-state index in [1.54, 1.807) is 0 Å². The lowest BCUT2D eigenvalue weighted by atomic mass is 9.77. The van der Waals surface area contributed by atoms with Crippen molar-refractivity contribution in [3.05, 3.63) is 0 Å². The van der Waals surface area contributed by atoms with Crippen LogP contribution in [0.4, 0.5) is 0 Å². The molecule has 1 saturated heterocycles. The molecule has 0 radical (unpaired) electrons. The molecule has 2 fully saturated rings. The Kier molecular flexibility index (Phi) is 5.27. The Labute approximate surface area is 119 Å². The Morgan fingerprint density at radius 2 is 1.74 bits per heavy atom. The lowest BCUT2D eigenvalue weighted by Crippen LogP contribution is -2.60. The van der Waals surface area contributed by atoms with Crippen molar-refractivity contribution in [2.75, 3.05) is 26.7 Å². The summed E-state index contributed by atoms with van der Waals surface area (Å²) in [5.74, 6) is 1.73. The maximum absolute atomic E-state index is 6.15. The van der Waals surface area contributed by atoms with E-state index < -0.39 is 0 Å². The molecule has 3 nitrogen and oxygen atoms in total. The van der Waals surface area contributed by atoms with Gasteiger partial charge in [0.2, 0.25) is 0 Å². The largest absolute Gasteiger partial charge is 0.329 e. The third kappa shape index (κ3) is 3.50. The predicted octanol–water partition coefficient (Wildman–Crippen LogP) is 2.16. The molecule has 2 aliphatic rings. The summed E-state index contributed by atoms with van der Waals surface area (Å²) in [5, 5.41) is 0. The minimum absolute atomic E-state index is 0.612. The molecule has 0 bridgehead atoms. The lowest BCUT2D eigenvalue weighted by molar-refractivity contribution is 0.00943. The third-order valence-corrected chi connectivity index (χ3v) is 5.62. The maximum Gasteiger partial charge on any atom is 0.0248 e. The van der Waals surface area contributed by atoms with Crippen LogP contribution in [0.15, 0.2) is 0 Å². The van der Waals surface area contributed by atoms with E-state index in [0.717, 1.165) is 18.4 Å². The Morgan fingerprint density at radius 1 is 1.11 bits per heavy atom. The predicted molar refractivity (Wildman–Crippen MR) is 82.2 cm³/mol. The van der Waals surface area contributed by atoms with Crippen molar-refractivity contribution in [3.63, 3.8) is 0 Å². The molecular weight excluding hydrogens is 234 g/mol. The minimum atomic E-state index is 0.612. The van der Waals surface area contributed by atoms with Crippen molar-refractivity contribution >= 4 is 0 Å². The molecule has 1 aliphatic carbocycles. The second-order valence-corrected chi connectivity index (χ2v) is 7.15. The molecule has 1 saturated carbocycles. The van der Waals surface area contributed by atoms with E-state index in [9.17, 15) is 0 Å². The molecule has 2 N–H and O–H groups in total. The van der Waals surface area contributed by atoms with E-state index in [2.05, 4.69) is 37.6 Å². The lowest BCUT2D eigenvalue weighted by Gasteiger charge is -2.48. The summed E-state index contributed by atoms with van der Waals surface area (Å²) in [6.07, 6.45) is 5.60. The van der Waals surface area contributed by atoms with Crippen LogP contribution in [0.1, 0.15) is 46.5 Å². The zero-order chi connectivity index (χ0) is 14.0. The second-order valence-electron chi connectivity index (χ2n) is 7.15. The van der Waals surface area contributed by atoms with Gasteiger partial charge < -0.3 is 5.73 Å². The number of likely N-dealkylation sites (N-methyl/N-ethyl adjacent to an activating group) is 1. The van der Waals surface area contributed by atoms with Crippen LogP contribution in [0.5, 0.6) is 0 Å². The standard InChI is InChI=1S/C16H33N3/c1-12-6-5-7-15(8-12)16(9-17)19-10-13(2)18(4)14(3)11-19/h12-16H,5-11,17H2,1-4H3. The van der Waals surface area contributed by atoms with Crippen LogP contribution in [0.3, 0.4) is 0 Å². The highest BCUT2D eigenvalue weighted by Gasteiger charge is 2.35. The van der Waals surface area contributed by atoms with Crippen molar-refractivity contribution < 1.29 is 0 Å². The smallest absolute Gasteiger partial charge is 0.0248 e. The highest BCUT2D eigenvalue weighted by Crippen LogP contribution is 2.33. The number of hydrogen-bond donors (Lipinski definition) is 1. The molecule has 5 atom stereocenters. The van der Waals surface area contributed by atoms with Gasteiger partial charge in [0.1, 0.15) is 0 Å². The van der Waals surface area contributed by atoms with Gasteiger partial charge in [-0.3, -0.25) is 9.80 Å². The van der Waals surface area contributed by atoms with Crippen molar-refractivity contribution in [3.8, 4) is 0 Å².